The van der Waals surface area contributed by atoms with E-state index in [4.69, 9.17) is 14.3 Å². The van der Waals surface area contributed by atoms with Crippen molar-refractivity contribution >= 4 is 57.8 Å². The molecule has 3 amide bonds. The van der Waals surface area contributed by atoms with Crippen LogP contribution in [0.3, 0.4) is 0 Å². The molecular formula is C39H42ClN11O7S2. The maximum atomic E-state index is 14.0. The Hall–Kier alpha value is -5.86. The highest BCUT2D eigenvalue weighted by molar-refractivity contribution is 7.99. The zero-order chi connectivity index (χ0) is 41.1. The number of nitrogens with one attached hydrogen (secondary N) is 3. The molecule has 1 aliphatic carbocycles. The molecule has 3 aliphatic rings. The summed E-state index contributed by atoms with van der Waals surface area (Å²) in [6, 6.07) is 17.2. The predicted molar refractivity (Wildman–Crippen MR) is 214 cm³/mol. The molecule has 8 rings (SSSR count). The zero-order valence-electron chi connectivity index (χ0n) is 32.8. The lowest BCUT2D eigenvalue weighted by Crippen LogP contribution is -3.00. The van der Waals surface area contributed by atoms with Gasteiger partial charge in [-0.15, -0.1) is 23.1 Å². The average molecular weight is 876 g/mol. The third-order valence-corrected chi connectivity index (χ3v) is 11.6. The molecule has 60 heavy (non-hydrogen) atoms. The molecule has 1 saturated carbocycles. The van der Waals surface area contributed by atoms with Gasteiger partial charge in [-0.05, 0) is 36.9 Å². The van der Waals surface area contributed by atoms with Crippen LogP contribution < -0.4 is 33.0 Å². The third kappa shape index (κ3) is 9.94. The van der Waals surface area contributed by atoms with E-state index >= 15 is 0 Å². The molecule has 0 bridgehead atoms. The number of fused-ring (bicyclic) bond motifs is 1. The van der Waals surface area contributed by atoms with E-state index in [1.807, 2.05) is 73.3 Å². The first-order chi connectivity index (χ1) is 28.4. The number of anilines is 1. The maximum Gasteiger partial charge on any atom is 0.413 e. The molecule has 2 aromatic carbocycles. The topological polar surface area (TPSA) is 210 Å². The Balaban J connectivity index is 0.00000544. The Morgan fingerprint density at radius 1 is 1.10 bits per heavy atom. The van der Waals surface area contributed by atoms with Gasteiger partial charge in [0, 0.05) is 24.0 Å². The molecule has 0 spiro atoms. The first kappa shape index (κ1) is 42.3. The number of hydrogen-bond donors (Lipinski definition) is 3. The normalized spacial score (nSPS) is 19.0. The Bertz CT molecular complexity index is 2300. The minimum absolute atomic E-state index is 0. The van der Waals surface area contributed by atoms with Gasteiger partial charge in [0.15, 0.2) is 16.9 Å². The number of hydrogen-bond acceptors (Lipinski definition) is 14. The lowest BCUT2D eigenvalue weighted by atomic mass is 9.98. The summed E-state index contributed by atoms with van der Waals surface area (Å²) in [4.78, 5) is 69.1. The number of nitrogens with zero attached hydrogens (tertiary/aromatic N) is 8. The van der Waals surface area contributed by atoms with Crippen LogP contribution in [-0.2, 0) is 54.1 Å². The van der Waals surface area contributed by atoms with Gasteiger partial charge >= 0.3 is 18.4 Å². The quantitative estimate of drug-likeness (QED) is 0.0423. The van der Waals surface area contributed by atoms with Gasteiger partial charge in [0.05, 0.1) is 36.3 Å². The Morgan fingerprint density at radius 3 is 2.47 bits per heavy atom. The van der Waals surface area contributed by atoms with Crippen LogP contribution >= 0.6 is 23.1 Å². The van der Waals surface area contributed by atoms with Crippen LogP contribution in [0, 0.1) is 0 Å². The second kappa shape index (κ2) is 17.8. The highest BCUT2D eigenvalue weighted by Crippen LogP contribution is 2.43. The van der Waals surface area contributed by atoms with E-state index in [2.05, 4.69) is 50.6 Å². The number of esters is 1. The van der Waals surface area contributed by atoms with Gasteiger partial charge in [-0.25, -0.2) is 14.6 Å². The average Bonchev–Trinajstić information content (AvgIpc) is 3.60. The maximum absolute atomic E-state index is 14.0. The molecule has 18 nitrogen and oxygen atoms in total. The van der Waals surface area contributed by atoms with Gasteiger partial charge in [0.2, 0.25) is 17.8 Å². The van der Waals surface area contributed by atoms with Crippen LogP contribution in [0.1, 0.15) is 62.2 Å². The number of rotatable bonds is 15. The molecule has 1 saturated heterocycles. The molecule has 0 radical (unpaired) electrons. The van der Waals surface area contributed by atoms with Gasteiger partial charge in [0.1, 0.15) is 23.9 Å². The number of aromatic nitrogens is 7. The minimum atomic E-state index is -1.46. The van der Waals surface area contributed by atoms with Crippen LogP contribution in [0.5, 0.6) is 0 Å². The molecule has 5 heterocycles. The van der Waals surface area contributed by atoms with Crippen molar-refractivity contribution in [2.45, 2.75) is 93.6 Å². The van der Waals surface area contributed by atoms with Gasteiger partial charge in [-0.1, -0.05) is 65.8 Å². The van der Waals surface area contributed by atoms with Crippen molar-refractivity contribution in [1.29, 1.82) is 0 Å². The number of carbonyl (C=O) groups excluding carboxylic acids is 4. The fraction of sp³-hybridized carbons (Fsp3) is 0.385. The van der Waals surface area contributed by atoms with Crippen LogP contribution in [0.4, 0.5) is 9.93 Å². The monoisotopic (exact) mass is 875 g/mol. The summed E-state index contributed by atoms with van der Waals surface area (Å²) in [5.74, 6) is -1.20. The Morgan fingerprint density at radius 2 is 1.82 bits per heavy atom. The summed E-state index contributed by atoms with van der Waals surface area (Å²) >= 11 is 2.80. The Kier molecular flexibility index (Phi) is 12.5. The van der Waals surface area contributed by atoms with Crippen molar-refractivity contribution < 1.29 is 50.6 Å². The van der Waals surface area contributed by atoms with Gasteiger partial charge < -0.3 is 37.4 Å². The zero-order valence-corrected chi connectivity index (χ0v) is 35.2. The molecule has 3 N–H and O–H groups in total. The largest absolute Gasteiger partial charge is 1.00 e. The molecular weight excluding hydrogens is 834 g/mol. The number of β-lactam (4-membered cyclic amide) rings is 1. The summed E-state index contributed by atoms with van der Waals surface area (Å²) < 4.78 is 15.6. The predicted octanol–water partition coefficient (Wildman–Crippen LogP) is 0.155. The molecule has 3 aromatic heterocycles. The van der Waals surface area contributed by atoms with Crippen molar-refractivity contribution in [3.05, 3.63) is 107 Å². The molecule has 2 fully saturated rings. The van der Waals surface area contributed by atoms with Crippen molar-refractivity contribution in [3.63, 3.8) is 0 Å². The summed E-state index contributed by atoms with van der Waals surface area (Å²) in [5.41, 5.74) is -0.176. The van der Waals surface area contributed by atoms with E-state index in [0.29, 0.717) is 23.8 Å². The number of amides is 3. The van der Waals surface area contributed by atoms with Gasteiger partial charge in [0.25, 0.3) is 5.91 Å². The lowest BCUT2D eigenvalue weighted by Gasteiger charge is -2.36. The number of thioether (sulfide) groups is 1. The van der Waals surface area contributed by atoms with E-state index in [0.717, 1.165) is 41.2 Å². The summed E-state index contributed by atoms with van der Waals surface area (Å²) in [7, 11) is 0. The standard InChI is InChI=1S/C39H41N11O7S2.ClH/c1-38(2,3)56-37(54)45-36-43-29(21-59-36)31(47-57-39(14-15-39)35(53)55-32(24-10-6-4-7-11-24)25-12-8-5-9-13-25)34(52)44-30-28(42-33(30)51)19-50-41-16-26(46-50)20-58-27-17-48-22-40-23-49(48)18-27;/h4-13,16,21-23,27-28,30,32H,14-15,17-20H2,1-3H3,(H2-,42,43,44,45,51,52,54);1H/b47-31-;/t28-,30+;/m1./s1. The van der Waals surface area contributed by atoms with Crippen LogP contribution in [-0.4, -0.2) is 87.8 Å². The van der Waals surface area contributed by atoms with Crippen molar-refractivity contribution in [2.24, 2.45) is 5.16 Å². The first-order valence-corrected chi connectivity index (χ1v) is 20.9. The molecule has 0 unspecified atom stereocenters. The van der Waals surface area contributed by atoms with Crippen molar-refractivity contribution in [1.82, 2.24) is 40.3 Å². The lowest BCUT2D eigenvalue weighted by molar-refractivity contribution is -0.758. The van der Waals surface area contributed by atoms with E-state index in [-0.39, 0.29) is 35.5 Å². The van der Waals surface area contributed by atoms with E-state index < -0.39 is 53.3 Å². The molecule has 21 heteroatoms. The highest BCUT2D eigenvalue weighted by Gasteiger charge is 2.56. The highest BCUT2D eigenvalue weighted by atomic mass is 35.5. The van der Waals surface area contributed by atoms with Crippen molar-refractivity contribution in [3.8, 4) is 0 Å². The number of thiazole rings is 1. The molecule has 314 valence electrons. The van der Waals surface area contributed by atoms with Crippen LogP contribution in [0.25, 0.3) is 0 Å². The Labute approximate surface area is 358 Å². The summed E-state index contributed by atoms with van der Waals surface area (Å²) in [6.07, 6.45) is 4.44. The van der Waals surface area contributed by atoms with E-state index in [9.17, 15) is 19.2 Å². The minimum Gasteiger partial charge on any atom is -1.00 e. The number of halogens is 1. The number of carbonyl (C=O) groups is 4. The smallest absolute Gasteiger partial charge is 0.413 e. The number of oxime groups is 1. The summed E-state index contributed by atoms with van der Waals surface area (Å²) in [5, 5.41) is 23.3. The number of ether oxygens (including phenoxy) is 2. The van der Waals surface area contributed by atoms with Gasteiger partial charge in [-0.2, -0.15) is 24.4 Å². The van der Waals surface area contributed by atoms with E-state index in [1.165, 1.54) is 10.2 Å². The van der Waals surface area contributed by atoms with Gasteiger partial charge in [-0.3, -0.25) is 14.9 Å². The first-order valence-electron chi connectivity index (χ1n) is 19.0. The fourth-order valence-electron chi connectivity index (χ4n) is 6.45. The molecule has 2 aliphatic heterocycles. The van der Waals surface area contributed by atoms with Crippen LogP contribution in [0.2, 0.25) is 0 Å². The SMILES string of the molecule is CC(C)(C)OC(=O)Nc1nc(/C(=N/OC2(C(=O)OC(c3ccccc3)c3ccccc3)CC2)C(=O)N[C@@H]2C(=O)N[C@@H]2Cn2ncc(CSC3Cn4cnc[n+]4C3)n2)cs1.[Cl-]. The van der Waals surface area contributed by atoms with E-state index in [1.54, 1.807) is 38.7 Å². The fourth-order valence-corrected chi connectivity index (χ4v) is 8.19. The van der Waals surface area contributed by atoms with Crippen molar-refractivity contribution in [2.75, 3.05) is 5.32 Å². The summed E-state index contributed by atoms with van der Waals surface area (Å²) in [6.45, 7) is 7.10. The third-order valence-electron chi connectivity index (χ3n) is 9.61. The molecule has 5 aromatic rings. The van der Waals surface area contributed by atoms with Crippen LogP contribution in [0.15, 0.2) is 90.1 Å². The second-order valence-corrected chi connectivity index (χ2v) is 17.5. The second-order valence-electron chi connectivity index (χ2n) is 15.3. The molecule has 2 atom stereocenters. The number of benzene rings is 2.